The van der Waals surface area contributed by atoms with Crippen LogP contribution < -0.4 is 5.32 Å². The molecule has 0 spiro atoms. The van der Waals surface area contributed by atoms with Crippen molar-refractivity contribution in [1.29, 1.82) is 0 Å². The Bertz CT molecular complexity index is 418. The van der Waals surface area contributed by atoms with E-state index in [4.69, 9.17) is 0 Å². The first-order chi connectivity index (χ1) is 8.40. The van der Waals surface area contributed by atoms with Crippen LogP contribution in [0.15, 0.2) is 24.7 Å². The molecular weight excluding hydrogens is 214 g/mol. The number of hydrogen-bond donors (Lipinski definition) is 2. The molecule has 5 heteroatoms. The maximum absolute atomic E-state index is 4.29. The van der Waals surface area contributed by atoms with Crippen LogP contribution in [0.5, 0.6) is 0 Å². The smallest absolute Gasteiger partial charge is 0.107 e. The van der Waals surface area contributed by atoms with Gasteiger partial charge in [0.15, 0.2) is 0 Å². The van der Waals surface area contributed by atoms with Gasteiger partial charge in [-0.1, -0.05) is 6.92 Å². The number of aromatic nitrogens is 4. The molecule has 0 saturated carbocycles. The molecule has 0 aliphatic heterocycles. The van der Waals surface area contributed by atoms with Crippen LogP contribution in [-0.2, 0) is 19.5 Å². The Kier molecular flexibility index (Phi) is 4.32. The van der Waals surface area contributed by atoms with Crippen molar-refractivity contribution in [2.24, 2.45) is 0 Å². The van der Waals surface area contributed by atoms with Gasteiger partial charge in [-0.3, -0.25) is 4.68 Å². The standard InChI is InChI=1S/C12H19N5/c1-2-9-17-11(3-6-16-17)10-13-5-4-12-14-7-8-15-12/h3,6-8,13H,2,4-5,9-10H2,1H3,(H,14,15). The maximum atomic E-state index is 4.29. The average molecular weight is 233 g/mol. The van der Waals surface area contributed by atoms with Crippen molar-refractivity contribution in [2.75, 3.05) is 6.54 Å². The van der Waals surface area contributed by atoms with Crippen molar-refractivity contribution in [2.45, 2.75) is 32.9 Å². The number of nitrogens with zero attached hydrogens (tertiary/aromatic N) is 3. The molecule has 0 amide bonds. The maximum Gasteiger partial charge on any atom is 0.107 e. The number of hydrogen-bond acceptors (Lipinski definition) is 3. The van der Waals surface area contributed by atoms with E-state index in [2.05, 4.69) is 38.1 Å². The molecule has 2 heterocycles. The number of imidazole rings is 1. The van der Waals surface area contributed by atoms with Crippen LogP contribution >= 0.6 is 0 Å². The van der Waals surface area contributed by atoms with Crippen molar-refractivity contribution in [3.8, 4) is 0 Å². The molecular formula is C12H19N5. The summed E-state index contributed by atoms with van der Waals surface area (Å²) in [5.74, 6) is 1.03. The number of H-pyrrole nitrogens is 1. The topological polar surface area (TPSA) is 58.5 Å². The summed E-state index contributed by atoms with van der Waals surface area (Å²) in [5, 5.41) is 7.70. The lowest BCUT2D eigenvalue weighted by Gasteiger charge is -2.07. The van der Waals surface area contributed by atoms with Crippen LogP contribution in [0.1, 0.15) is 24.9 Å². The molecule has 0 saturated heterocycles. The van der Waals surface area contributed by atoms with Crippen molar-refractivity contribution in [3.05, 3.63) is 36.2 Å². The molecule has 0 atom stereocenters. The van der Waals surface area contributed by atoms with E-state index in [1.54, 1.807) is 6.20 Å². The molecule has 2 rings (SSSR count). The van der Waals surface area contributed by atoms with Gasteiger partial charge in [-0.05, 0) is 12.5 Å². The zero-order chi connectivity index (χ0) is 11.9. The van der Waals surface area contributed by atoms with E-state index in [1.807, 2.05) is 12.4 Å². The fraction of sp³-hybridized carbons (Fsp3) is 0.500. The van der Waals surface area contributed by atoms with Gasteiger partial charge in [0.1, 0.15) is 5.82 Å². The summed E-state index contributed by atoms with van der Waals surface area (Å²) in [4.78, 5) is 7.28. The molecule has 0 aliphatic carbocycles. The molecule has 2 aromatic rings. The Morgan fingerprint density at radius 2 is 2.35 bits per heavy atom. The van der Waals surface area contributed by atoms with E-state index in [0.29, 0.717) is 0 Å². The minimum atomic E-state index is 0.862. The van der Waals surface area contributed by atoms with Gasteiger partial charge < -0.3 is 10.3 Å². The normalized spacial score (nSPS) is 10.9. The summed E-state index contributed by atoms with van der Waals surface area (Å²) in [6.07, 6.45) is 7.53. The largest absolute Gasteiger partial charge is 0.349 e. The van der Waals surface area contributed by atoms with E-state index in [-0.39, 0.29) is 0 Å². The number of rotatable bonds is 7. The highest BCUT2D eigenvalue weighted by atomic mass is 15.3. The van der Waals surface area contributed by atoms with E-state index < -0.39 is 0 Å². The van der Waals surface area contributed by atoms with Gasteiger partial charge >= 0.3 is 0 Å². The van der Waals surface area contributed by atoms with Gasteiger partial charge in [0.25, 0.3) is 0 Å². The van der Waals surface area contributed by atoms with Gasteiger partial charge in [0.05, 0.1) is 5.69 Å². The third-order valence-electron chi connectivity index (χ3n) is 2.64. The molecule has 17 heavy (non-hydrogen) atoms. The quantitative estimate of drug-likeness (QED) is 0.710. The van der Waals surface area contributed by atoms with Crippen LogP contribution in [0.4, 0.5) is 0 Å². The lowest BCUT2D eigenvalue weighted by Crippen LogP contribution is -2.19. The van der Waals surface area contributed by atoms with Crippen LogP contribution in [0.25, 0.3) is 0 Å². The van der Waals surface area contributed by atoms with E-state index >= 15 is 0 Å². The first-order valence-electron chi connectivity index (χ1n) is 6.10. The lowest BCUT2D eigenvalue weighted by molar-refractivity contribution is 0.549. The second kappa shape index (κ2) is 6.20. The van der Waals surface area contributed by atoms with Crippen molar-refractivity contribution < 1.29 is 0 Å². The molecule has 0 aromatic carbocycles. The van der Waals surface area contributed by atoms with Gasteiger partial charge in [-0.25, -0.2) is 4.98 Å². The van der Waals surface area contributed by atoms with Crippen LogP contribution in [0, 0.1) is 0 Å². The highest BCUT2D eigenvalue weighted by Gasteiger charge is 2.01. The molecule has 0 radical (unpaired) electrons. The van der Waals surface area contributed by atoms with Crippen LogP contribution in [0.3, 0.4) is 0 Å². The number of aryl methyl sites for hydroxylation is 1. The Labute approximate surface area is 101 Å². The Morgan fingerprint density at radius 3 is 3.12 bits per heavy atom. The fourth-order valence-electron chi connectivity index (χ4n) is 1.78. The first kappa shape index (κ1) is 11.9. The van der Waals surface area contributed by atoms with Crippen molar-refractivity contribution in [3.63, 3.8) is 0 Å². The van der Waals surface area contributed by atoms with E-state index in [0.717, 1.165) is 38.3 Å². The molecule has 0 fully saturated rings. The zero-order valence-corrected chi connectivity index (χ0v) is 10.2. The predicted molar refractivity (Wildman–Crippen MR) is 66.5 cm³/mol. The van der Waals surface area contributed by atoms with Crippen LogP contribution in [-0.4, -0.2) is 26.3 Å². The minimum Gasteiger partial charge on any atom is -0.349 e. The van der Waals surface area contributed by atoms with Crippen LogP contribution in [0.2, 0.25) is 0 Å². The van der Waals surface area contributed by atoms with E-state index in [9.17, 15) is 0 Å². The summed E-state index contributed by atoms with van der Waals surface area (Å²) < 4.78 is 2.06. The molecule has 92 valence electrons. The summed E-state index contributed by atoms with van der Waals surface area (Å²) >= 11 is 0. The fourth-order valence-corrected chi connectivity index (χ4v) is 1.78. The first-order valence-corrected chi connectivity index (χ1v) is 6.10. The molecule has 5 nitrogen and oxygen atoms in total. The Hall–Kier alpha value is -1.62. The van der Waals surface area contributed by atoms with Gasteiger partial charge in [0, 0.05) is 44.6 Å². The molecule has 2 N–H and O–H groups in total. The summed E-state index contributed by atoms with van der Waals surface area (Å²) in [7, 11) is 0. The van der Waals surface area contributed by atoms with Gasteiger partial charge in [-0.2, -0.15) is 5.10 Å². The SMILES string of the molecule is CCCn1nccc1CNCCc1ncc[nH]1. The second-order valence-corrected chi connectivity index (χ2v) is 4.01. The Morgan fingerprint density at radius 1 is 1.41 bits per heavy atom. The van der Waals surface area contributed by atoms with Gasteiger partial charge in [-0.15, -0.1) is 0 Å². The van der Waals surface area contributed by atoms with Crippen molar-refractivity contribution in [1.82, 2.24) is 25.1 Å². The monoisotopic (exact) mass is 233 g/mol. The van der Waals surface area contributed by atoms with E-state index in [1.165, 1.54) is 5.69 Å². The highest BCUT2D eigenvalue weighted by Crippen LogP contribution is 1.99. The minimum absolute atomic E-state index is 0.862. The molecule has 0 aliphatic rings. The number of nitrogens with one attached hydrogen (secondary N) is 2. The average Bonchev–Trinajstić information content (AvgIpc) is 2.96. The molecule has 2 aromatic heterocycles. The second-order valence-electron chi connectivity index (χ2n) is 4.01. The Balaban J connectivity index is 1.72. The third-order valence-corrected chi connectivity index (χ3v) is 2.64. The summed E-state index contributed by atoms with van der Waals surface area (Å²) in [5.41, 5.74) is 1.24. The third kappa shape index (κ3) is 3.42. The molecule has 0 bridgehead atoms. The lowest BCUT2D eigenvalue weighted by atomic mass is 10.3. The number of aromatic amines is 1. The van der Waals surface area contributed by atoms with Gasteiger partial charge in [0.2, 0.25) is 0 Å². The zero-order valence-electron chi connectivity index (χ0n) is 10.2. The summed E-state index contributed by atoms with van der Waals surface area (Å²) in [6.45, 7) is 4.93. The van der Waals surface area contributed by atoms with Crippen molar-refractivity contribution >= 4 is 0 Å². The molecule has 0 unspecified atom stereocenters. The predicted octanol–water partition coefficient (Wildman–Crippen LogP) is 1.35. The highest BCUT2D eigenvalue weighted by molar-refractivity contribution is 5.00. The summed E-state index contributed by atoms with van der Waals surface area (Å²) in [6, 6.07) is 2.07.